The highest BCUT2D eigenvalue weighted by Crippen LogP contribution is 2.13. The van der Waals surface area contributed by atoms with Gasteiger partial charge in [-0.1, -0.05) is 12.1 Å². The minimum absolute atomic E-state index is 0.0157. The molecular formula is C11H13FN2O3. The van der Waals surface area contributed by atoms with Crippen molar-refractivity contribution in [2.45, 2.75) is 13.0 Å². The van der Waals surface area contributed by atoms with Crippen molar-refractivity contribution in [3.63, 3.8) is 0 Å². The zero-order valence-corrected chi connectivity index (χ0v) is 9.48. The Kier molecular flexibility index (Phi) is 4.03. The molecule has 1 aromatic rings. The molecule has 17 heavy (non-hydrogen) atoms. The highest BCUT2D eigenvalue weighted by atomic mass is 19.1. The van der Waals surface area contributed by atoms with Crippen molar-refractivity contribution in [1.29, 1.82) is 0 Å². The number of carboxylic acids is 1. The molecule has 1 rings (SSSR count). The molecule has 1 atom stereocenters. The first-order valence-electron chi connectivity index (χ1n) is 4.94. The van der Waals surface area contributed by atoms with E-state index in [2.05, 4.69) is 5.32 Å². The predicted octanol–water partition coefficient (Wildman–Crippen LogP) is 1.76. The van der Waals surface area contributed by atoms with Crippen molar-refractivity contribution >= 4 is 17.7 Å². The molecule has 2 amide bonds. The minimum atomic E-state index is -1.13. The van der Waals surface area contributed by atoms with Gasteiger partial charge in [0.05, 0.1) is 5.69 Å². The van der Waals surface area contributed by atoms with Crippen LogP contribution in [0.1, 0.15) is 6.92 Å². The number of halogens is 1. The van der Waals surface area contributed by atoms with Gasteiger partial charge in [0, 0.05) is 7.05 Å². The number of benzene rings is 1. The quantitative estimate of drug-likeness (QED) is 0.845. The van der Waals surface area contributed by atoms with Crippen molar-refractivity contribution in [2.75, 3.05) is 12.4 Å². The number of nitrogens with one attached hydrogen (secondary N) is 1. The van der Waals surface area contributed by atoms with Crippen LogP contribution in [0.15, 0.2) is 24.3 Å². The minimum Gasteiger partial charge on any atom is -0.480 e. The molecule has 0 saturated carbocycles. The molecule has 5 nitrogen and oxygen atoms in total. The number of nitrogens with zero attached hydrogens (tertiary/aromatic N) is 1. The molecule has 0 aromatic heterocycles. The van der Waals surface area contributed by atoms with E-state index in [-0.39, 0.29) is 5.69 Å². The Morgan fingerprint density at radius 1 is 1.41 bits per heavy atom. The number of amides is 2. The van der Waals surface area contributed by atoms with Crippen LogP contribution in [0.2, 0.25) is 0 Å². The molecule has 92 valence electrons. The van der Waals surface area contributed by atoms with Gasteiger partial charge >= 0.3 is 12.0 Å². The molecule has 1 unspecified atom stereocenters. The molecule has 0 bridgehead atoms. The molecule has 2 N–H and O–H groups in total. The molecule has 0 heterocycles. The maximum atomic E-state index is 13.2. The normalized spacial score (nSPS) is 11.7. The van der Waals surface area contributed by atoms with Crippen molar-refractivity contribution < 1.29 is 19.1 Å². The second kappa shape index (κ2) is 5.29. The van der Waals surface area contributed by atoms with Crippen molar-refractivity contribution in [2.24, 2.45) is 0 Å². The molecule has 0 fully saturated rings. The molecule has 1 aromatic carbocycles. The largest absolute Gasteiger partial charge is 0.480 e. The SMILES string of the molecule is CC(C(=O)O)N(C)C(=O)Nc1ccccc1F. The number of hydrogen-bond acceptors (Lipinski definition) is 2. The van der Waals surface area contributed by atoms with Gasteiger partial charge in [0.15, 0.2) is 0 Å². The van der Waals surface area contributed by atoms with Crippen LogP contribution in [0, 0.1) is 5.82 Å². The Labute approximate surface area is 97.8 Å². The highest BCUT2D eigenvalue weighted by molar-refractivity contribution is 5.92. The first kappa shape index (κ1) is 13.0. The molecule has 6 heteroatoms. The summed E-state index contributed by atoms with van der Waals surface area (Å²) in [6.07, 6.45) is 0. The Bertz CT molecular complexity index is 436. The van der Waals surface area contributed by atoms with E-state index in [1.165, 1.54) is 32.2 Å². The lowest BCUT2D eigenvalue weighted by atomic mass is 10.3. The van der Waals surface area contributed by atoms with E-state index in [4.69, 9.17) is 5.11 Å². The molecule has 0 aliphatic carbocycles. The number of rotatable bonds is 3. The van der Waals surface area contributed by atoms with Crippen LogP contribution in [-0.4, -0.2) is 35.1 Å². The van der Waals surface area contributed by atoms with E-state index in [0.717, 1.165) is 4.90 Å². The van der Waals surface area contributed by atoms with E-state index < -0.39 is 23.9 Å². The molecule has 0 spiro atoms. The number of carbonyl (C=O) groups is 2. The fourth-order valence-corrected chi connectivity index (χ4v) is 1.11. The third-order valence-electron chi connectivity index (χ3n) is 2.37. The van der Waals surface area contributed by atoms with Crippen molar-refractivity contribution in [3.05, 3.63) is 30.1 Å². The number of aliphatic carboxylic acids is 1. The van der Waals surface area contributed by atoms with Crippen molar-refractivity contribution in [1.82, 2.24) is 4.90 Å². The third kappa shape index (κ3) is 3.17. The monoisotopic (exact) mass is 240 g/mol. The number of likely N-dealkylation sites (N-methyl/N-ethyl adjacent to an activating group) is 1. The van der Waals surface area contributed by atoms with E-state index in [1.807, 2.05) is 0 Å². The molecule has 0 aliphatic rings. The van der Waals surface area contributed by atoms with Crippen LogP contribution in [0.25, 0.3) is 0 Å². The van der Waals surface area contributed by atoms with Gasteiger partial charge in [-0.25, -0.2) is 14.0 Å². The predicted molar refractivity (Wildman–Crippen MR) is 60.3 cm³/mol. The van der Waals surface area contributed by atoms with Crippen LogP contribution in [0.3, 0.4) is 0 Å². The highest BCUT2D eigenvalue weighted by Gasteiger charge is 2.22. The van der Waals surface area contributed by atoms with Crippen LogP contribution in [0.5, 0.6) is 0 Å². The first-order chi connectivity index (χ1) is 7.93. The van der Waals surface area contributed by atoms with E-state index >= 15 is 0 Å². The summed E-state index contributed by atoms with van der Waals surface area (Å²) in [6.45, 7) is 1.36. The number of carbonyl (C=O) groups excluding carboxylic acids is 1. The summed E-state index contributed by atoms with van der Waals surface area (Å²) in [5.41, 5.74) is 0.0157. The maximum Gasteiger partial charge on any atom is 0.326 e. The van der Waals surface area contributed by atoms with E-state index in [1.54, 1.807) is 6.07 Å². The summed E-state index contributed by atoms with van der Waals surface area (Å²) < 4.78 is 13.2. The van der Waals surface area contributed by atoms with Gasteiger partial charge in [0.2, 0.25) is 0 Å². The number of para-hydroxylation sites is 1. The van der Waals surface area contributed by atoms with Crippen molar-refractivity contribution in [3.8, 4) is 0 Å². The topological polar surface area (TPSA) is 69.6 Å². The van der Waals surface area contributed by atoms with Gasteiger partial charge in [-0.3, -0.25) is 0 Å². The Balaban J connectivity index is 2.73. The second-order valence-electron chi connectivity index (χ2n) is 3.54. The van der Waals surface area contributed by atoms with Gasteiger partial charge in [-0.15, -0.1) is 0 Å². The fourth-order valence-electron chi connectivity index (χ4n) is 1.11. The lowest BCUT2D eigenvalue weighted by Crippen LogP contribution is -2.42. The average Bonchev–Trinajstić information content (AvgIpc) is 2.30. The summed E-state index contributed by atoms with van der Waals surface area (Å²) in [4.78, 5) is 23.2. The van der Waals surface area contributed by atoms with E-state index in [9.17, 15) is 14.0 Å². The standard InChI is InChI=1S/C11H13FN2O3/c1-7(10(15)16)14(2)11(17)13-9-6-4-3-5-8(9)12/h3-7H,1-2H3,(H,13,17)(H,15,16). The lowest BCUT2D eigenvalue weighted by Gasteiger charge is -2.21. The average molecular weight is 240 g/mol. The van der Waals surface area contributed by atoms with Crippen LogP contribution >= 0.6 is 0 Å². The molecule has 0 radical (unpaired) electrons. The Hall–Kier alpha value is -2.11. The van der Waals surface area contributed by atoms with Crippen LogP contribution < -0.4 is 5.32 Å². The van der Waals surface area contributed by atoms with Crippen LogP contribution in [-0.2, 0) is 4.79 Å². The molecular weight excluding hydrogens is 227 g/mol. The molecule has 0 aliphatic heterocycles. The summed E-state index contributed by atoms with van der Waals surface area (Å²) >= 11 is 0. The van der Waals surface area contributed by atoms with Gasteiger partial charge < -0.3 is 15.3 Å². The lowest BCUT2D eigenvalue weighted by molar-refractivity contribution is -0.141. The number of urea groups is 1. The van der Waals surface area contributed by atoms with E-state index in [0.29, 0.717) is 0 Å². The Morgan fingerprint density at radius 3 is 2.53 bits per heavy atom. The summed E-state index contributed by atoms with van der Waals surface area (Å²) in [5, 5.41) is 11.0. The number of anilines is 1. The van der Waals surface area contributed by atoms with Crippen LogP contribution in [0.4, 0.5) is 14.9 Å². The van der Waals surface area contributed by atoms with Gasteiger partial charge in [0.25, 0.3) is 0 Å². The number of carboxylic acid groups (broad SMARTS) is 1. The summed E-state index contributed by atoms with van der Waals surface area (Å²) in [5.74, 6) is -1.70. The van der Waals surface area contributed by atoms with Gasteiger partial charge in [-0.05, 0) is 19.1 Å². The second-order valence-corrected chi connectivity index (χ2v) is 3.54. The molecule has 0 saturated heterocycles. The zero-order valence-electron chi connectivity index (χ0n) is 9.48. The fraction of sp³-hybridized carbons (Fsp3) is 0.273. The first-order valence-corrected chi connectivity index (χ1v) is 4.94. The van der Waals surface area contributed by atoms with Gasteiger partial charge in [-0.2, -0.15) is 0 Å². The zero-order chi connectivity index (χ0) is 13.0. The summed E-state index contributed by atoms with van der Waals surface area (Å²) in [7, 11) is 1.33. The maximum absolute atomic E-state index is 13.2. The number of hydrogen-bond donors (Lipinski definition) is 2. The smallest absolute Gasteiger partial charge is 0.326 e. The Morgan fingerprint density at radius 2 is 2.00 bits per heavy atom. The van der Waals surface area contributed by atoms with Gasteiger partial charge in [0.1, 0.15) is 11.9 Å². The third-order valence-corrected chi connectivity index (χ3v) is 2.37. The summed E-state index contributed by atoms with van der Waals surface area (Å²) in [6, 6.07) is 4.00.